The molecule has 2 aromatic rings. The molecule has 0 aromatic heterocycles. The summed E-state index contributed by atoms with van der Waals surface area (Å²) in [7, 11) is 0. The van der Waals surface area contributed by atoms with Gasteiger partial charge in [-0.25, -0.2) is 9.91 Å². The molecule has 122 valence electrons. The van der Waals surface area contributed by atoms with Gasteiger partial charge in [0.2, 0.25) is 5.91 Å². The number of aryl methyl sites for hydroxylation is 2. The van der Waals surface area contributed by atoms with E-state index in [-0.39, 0.29) is 12.3 Å². The first kappa shape index (κ1) is 15.9. The van der Waals surface area contributed by atoms with Gasteiger partial charge in [-0.15, -0.1) is 4.91 Å². The molecule has 1 aliphatic rings. The lowest BCUT2D eigenvalue weighted by Gasteiger charge is -2.21. The summed E-state index contributed by atoms with van der Waals surface area (Å²) >= 11 is 0. The van der Waals surface area contributed by atoms with Gasteiger partial charge in [-0.2, -0.15) is 0 Å². The highest BCUT2D eigenvalue weighted by molar-refractivity contribution is 6.23. The van der Waals surface area contributed by atoms with Crippen molar-refractivity contribution in [2.75, 3.05) is 9.91 Å². The number of nitrogens with zero attached hydrogens (tertiary/aromatic N) is 3. The summed E-state index contributed by atoms with van der Waals surface area (Å²) in [5, 5.41) is 4.06. The fraction of sp³-hybridized carbons (Fsp3) is 0.222. The quantitative estimate of drug-likeness (QED) is 0.492. The lowest BCUT2D eigenvalue weighted by atomic mass is 10.2. The molecule has 0 spiro atoms. The second kappa shape index (κ2) is 6.23. The van der Waals surface area contributed by atoms with Gasteiger partial charge in [0.15, 0.2) is 0 Å². The number of rotatable bonds is 4. The molecule has 0 N–H and O–H groups in total. The van der Waals surface area contributed by atoms with Gasteiger partial charge in [0.05, 0.1) is 23.1 Å². The monoisotopic (exact) mass is 323 g/mol. The summed E-state index contributed by atoms with van der Waals surface area (Å²) in [5.41, 5.74) is 3.06. The summed E-state index contributed by atoms with van der Waals surface area (Å²) in [6, 6.07) is 13.3. The number of imide groups is 1. The van der Waals surface area contributed by atoms with Crippen LogP contribution in [0.15, 0.2) is 53.8 Å². The van der Waals surface area contributed by atoms with E-state index < -0.39 is 11.9 Å². The summed E-state index contributed by atoms with van der Waals surface area (Å²) in [5.74, 6) is -0.779. The van der Waals surface area contributed by atoms with Gasteiger partial charge in [-0.3, -0.25) is 9.59 Å². The lowest BCUT2D eigenvalue weighted by Crippen LogP contribution is -2.39. The molecule has 6 heteroatoms. The van der Waals surface area contributed by atoms with Crippen molar-refractivity contribution in [3.05, 3.63) is 64.6 Å². The molecule has 1 aliphatic heterocycles. The Hall–Kier alpha value is -3.02. The van der Waals surface area contributed by atoms with Crippen LogP contribution < -0.4 is 9.91 Å². The predicted octanol–water partition coefficient (Wildman–Crippen LogP) is 3.12. The first-order valence-electron chi connectivity index (χ1n) is 7.64. The van der Waals surface area contributed by atoms with Crippen LogP contribution in [0, 0.1) is 18.8 Å². The van der Waals surface area contributed by atoms with Gasteiger partial charge in [0, 0.05) is 0 Å². The molecular formula is C18H17N3O3. The van der Waals surface area contributed by atoms with Crippen molar-refractivity contribution in [3.63, 3.8) is 0 Å². The summed E-state index contributed by atoms with van der Waals surface area (Å²) in [6.07, 6.45) is -0.0771. The van der Waals surface area contributed by atoms with Gasteiger partial charge in [0.25, 0.3) is 5.91 Å². The third kappa shape index (κ3) is 2.78. The van der Waals surface area contributed by atoms with Crippen molar-refractivity contribution < 1.29 is 9.59 Å². The molecular weight excluding hydrogens is 306 g/mol. The first-order chi connectivity index (χ1) is 11.5. The number of amides is 2. The number of carbonyl (C=O) groups is 2. The molecule has 0 aliphatic carbocycles. The van der Waals surface area contributed by atoms with Crippen LogP contribution in [0.25, 0.3) is 0 Å². The SMILES string of the molecule is Cc1ccc(N2C(=O)C[C@@H](N(N=O)c3ccc(C)cc3)C2=O)cc1. The number of hydrogen-bond donors (Lipinski definition) is 0. The Labute approximate surface area is 139 Å². The Bertz CT molecular complexity index is 784. The van der Waals surface area contributed by atoms with E-state index in [1.165, 1.54) is 0 Å². The van der Waals surface area contributed by atoms with E-state index in [1.54, 1.807) is 24.3 Å². The van der Waals surface area contributed by atoms with Crippen molar-refractivity contribution in [1.82, 2.24) is 0 Å². The van der Waals surface area contributed by atoms with E-state index in [0.29, 0.717) is 11.4 Å². The Morgan fingerprint density at radius 1 is 0.958 bits per heavy atom. The molecule has 0 unspecified atom stereocenters. The normalized spacial score (nSPS) is 17.2. The summed E-state index contributed by atoms with van der Waals surface area (Å²) in [6.45, 7) is 3.85. The molecule has 1 saturated heterocycles. The van der Waals surface area contributed by atoms with Crippen LogP contribution in [0.2, 0.25) is 0 Å². The molecule has 0 bridgehead atoms. The third-order valence-electron chi connectivity index (χ3n) is 4.10. The van der Waals surface area contributed by atoms with E-state index in [4.69, 9.17) is 0 Å². The van der Waals surface area contributed by atoms with Gasteiger partial charge in [-0.1, -0.05) is 35.4 Å². The Morgan fingerprint density at radius 2 is 1.50 bits per heavy atom. The fourth-order valence-electron chi connectivity index (χ4n) is 2.75. The Kier molecular flexibility index (Phi) is 4.12. The number of carbonyl (C=O) groups excluding carboxylic acids is 2. The van der Waals surface area contributed by atoms with E-state index >= 15 is 0 Å². The van der Waals surface area contributed by atoms with Gasteiger partial charge in [0.1, 0.15) is 6.04 Å². The van der Waals surface area contributed by atoms with E-state index in [9.17, 15) is 14.5 Å². The molecule has 0 radical (unpaired) electrons. The minimum Gasteiger partial charge on any atom is -0.274 e. The zero-order chi connectivity index (χ0) is 17.3. The molecule has 1 fully saturated rings. The van der Waals surface area contributed by atoms with E-state index in [2.05, 4.69) is 5.29 Å². The standard InChI is InChI=1S/C18H17N3O3/c1-12-3-7-14(8-4-12)20-17(22)11-16(18(20)23)21(19-24)15-9-5-13(2)6-10-15/h3-10,16H,11H2,1-2H3/t16-/m1/s1. The van der Waals surface area contributed by atoms with Crippen LogP contribution >= 0.6 is 0 Å². The fourth-order valence-corrected chi connectivity index (χ4v) is 2.75. The average molecular weight is 323 g/mol. The number of anilines is 2. The minimum atomic E-state index is -0.918. The highest BCUT2D eigenvalue weighted by atomic mass is 16.3. The zero-order valence-corrected chi connectivity index (χ0v) is 13.5. The number of nitroso groups, excluding NO2 is 1. The van der Waals surface area contributed by atoms with Gasteiger partial charge >= 0.3 is 0 Å². The van der Waals surface area contributed by atoms with Crippen molar-refractivity contribution in [1.29, 1.82) is 0 Å². The number of hydrogen-bond acceptors (Lipinski definition) is 4. The van der Waals surface area contributed by atoms with Crippen LogP contribution in [0.3, 0.4) is 0 Å². The molecule has 6 nitrogen and oxygen atoms in total. The van der Waals surface area contributed by atoms with Gasteiger partial charge in [-0.05, 0) is 38.1 Å². The zero-order valence-electron chi connectivity index (χ0n) is 13.5. The molecule has 1 atom stereocenters. The van der Waals surface area contributed by atoms with E-state index in [1.807, 2.05) is 38.1 Å². The maximum absolute atomic E-state index is 12.7. The second-order valence-electron chi connectivity index (χ2n) is 5.88. The van der Waals surface area contributed by atoms with Crippen molar-refractivity contribution in [2.45, 2.75) is 26.3 Å². The molecule has 24 heavy (non-hydrogen) atoms. The first-order valence-corrected chi connectivity index (χ1v) is 7.64. The number of benzene rings is 2. The van der Waals surface area contributed by atoms with Crippen LogP contribution in [0.1, 0.15) is 17.5 Å². The largest absolute Gasteiger partial charge is 0.274 e. The molecule has 0 saturated carbocycles. The minimum absolute atomic E-state index is 0.0771. The highest BCUT2D eigenvalue weighted by Gasteiger charge is 2.43. The average Bonchev–Trinajstić information content (AvgIpc) is 2.86. The van der Waals surface area contributed by atoms with Crippen molar-refractivity contribution >= 4 is 23.2 Å². The topological polar surface area (TPSA) is 70.1 Å². The maximum atomic E-state index is 12.7. The van der Waals surface area contributed by atoms with Crippen LogP contribution in [0.5, 0.6) is 0 Å². The van der Waals surface area contributed by atoms with Crippen LogP contribution in [-0.4, -0.2) is 17.9 Å². The van der Waals surface area contributed by atoms with Crippen LogP contribution in [-0.2, 0) is 9.59 Å². The highest BCUT2D eigenvalue weighted by Crippen LogP contribution is 2.29. The molecule has 2 aromatic carbocycles. The van der Waals surface area contributed by atoms with E-state index in [0.717, 1.165) is 21.0 Å². The second-order valence-corrected chi connectivity index (χ2v) is 5.88. The third-order valence-corrected chi connectivity index (χ3v) is 4.10. The van der Waals surface area contributed by atoms with Gasteiger partial charge < -0.3 is 0 Å². The smallest absolute Gasteiger partial charge is 0.259 e. The summed E-state index contributed by atoms with van der Waals surface area (Å²) in [4.78, 5) is 37.5. The van der Waals surface area contributed by atoms with Crippen molar-refractivity contribution in [2.24, 2.45) is 5.29 Å². The van der Waals surface area contributed by atoms with Crippen LogP contribution in [0.4, 0.5) is 11.4 Å². The Morgan fingerprint density at radius 3 is 2.04 bits per heavy atom. The molecule has 3 rings (SSSR count). The van der Waals surface area contributed by atoms with Crippen molar-refractivity contribution in [3.8, 4) is 0 Å². The Balaban J connectivity index is 1.90. The maximum Gasteiger partial charge on any atom is 0.259 e. The predicted molar refractivity (Wildman–Crippen MR) is 91.5 cm³/mol. The summed E-state index contributed by atoms with van der Waals surface area (Å²) < 4.78 is 0. The lowest BCUT2D eigenvalue weighted by molar-refractivity contribution is -0.121. The molecule has 2 amide bonds. The molecule has 1 heterocycles.